The summed E-state index contributed by atoms with van der Waals surface area (Å²) in [6, 6.07) is 1.95. The smallest absolute Gasteiger partial charge is 0.171 e. The second kappa shape index (κ2) is 4.74. The molecule has 0 amide bonds. The molecule has 0 saturated carbocycles. The van der Waals surface area contributed by atoms with Crippen LogP contribution in [0, 0.1) is 13.8 Å². The van der Waals surface area contributed by atoms with Crippen LogP contribution >= 0.6 is 22.9 Å². The van der Waals surface area contributed by atoms with E-state index in [2.05, 4.69) is 0 Å². The Morgan fingerprint density at radius 3 is 2.40 bits per heavy atom. The van der Waals surface area contributed by atoms with Crippen molar-refractivity contribution < 1.29 is 13.2 Å². The van der Waals surface area contributed by atoms with Crippen LogP contribution in [0.25, 0.3) is 0 Å². The quantitative estimate of drug-likeness (QED) is 0.669. The average molecular weight is 257 g/mol. The first kappa shape index (κ1) is 12.8. The third-order valence-electron chi connectivity index (χ3n) is 2.05. The predicted octanol–water partition coefficient (Wildman–Crippen LogP) is 4.99. The van der Waals surface area contributed by atoms with Crippen LogP contribution in [0.15, 0.2) is 6.07 Å². The molecule has 1 unspecified atom stereocenters. The summed E-state index contributed by atoms with van der Waals surface area (Å²) in [6.45, 7) is 3.80. The maximum atomic E-state index is 12.0. The lowest BCUT2D eigenvalue weighted by Gasteiger charge is -2.10. The Morgan fingerprint density at radius 1 is 1.40 bits per heavy atom. The highest BCUT2D eigenvalue weighted by Gasteiger charge is 2.28. The molecule has 0 saturated heterocycles. The molecule has 0 radical (unpaired) electrons. The first-order chi connectivity index (χ1) is 6.79. The molecule has 1 atom stereocenters. The molecule has 0 nitrogen and oxygen atoms in total. The molecule has 0 aromatic carbocycles. The van der Waals surface area contributed by atoms with Crippen LogP contribution < -0.4 is 0 Å². The summed E-state index contributed by atoms with van der Waals surface area (Å²) in [4.78, 5) is 1.94. The highest BCUT2D eigenvalue weighted by molar-refractivity contribution is 7.12. The summed E-state index contributed by atoms with van der Waals surface area (Å²) in [6.07, 6.45) is -4.99. The molecule has 0 bridgehead atoms. The van der Waals surface area contributed by atoms with Crippen molar-refractivity contribution in [3.05, 3.63) is 21.4 Å². The maximum Gasteiger partial charge on any atom is 0.389 e. The van der Waals surface area contributed by atoms with Crippen LogP contribution in [0.3, 0.4) is 0 Å². The monoisotopic (exact) mass is 256 g/mol. The van der Waals surface area contributed by atoms with Gasteiger partial charge in [-0.3, -0.25) is 0 Å². The van der Waals surface area contributed by atoms with E-state index in [1.807, 2.05) is 19.9 Å². The zero-order chi connectivity index (χ0) is 11.6. The predicted molar refractivity (Wildman–Crippen MR) is 57.7 cm³/mol. The molecule has 0 aliphatic carbocycles. The molecule has 0 fully saturated rings. The molecule has 1 heterocycles. The Kier molecular flexibility index (Phi) is 4.06. The van der Waals surface area contributed by atoms with Gasteiger partial charge >= 0.3 is 6.18 Å². The molecule has 1 rings (SSSR count). The molecule has 0 aliphatic rings. The number of rotatable bonds is 3. The van der Waals surface area contributed by atoms with E-state index in [0.717, 1.165) is 15.3 Å². The van der Waals surface area contributed by atoms with Gasteiger partial charge in [-0.25, -0.2) is 0 Å². The molecule has 0 spiro atoms. The summed E-state index contributed by atoms with van der Waals surface area (Å²) < 4.78 is 35.9. The molecule has 15 heavy (non-hydrogen) atoms. The van der Waals surface area contributed by atoms with Crippen LogP contribution in [0.4, 0.5) is 13.2 Å². The summed E-state index contributed by atoms with van der Waals surface area (Å²) in [5.74, 6) is 0. The SMILES string of the molecule is Cc1cc(C)c(C(Cl)CCC(F)(F)F)s1. The number of hydrogen-bond donors (Lipinski definition) is 0. The molecule has 1 aromatic heterocycles. The van der Waals surface area contributed by atoms with Crippen LogP contribution in [0.2, 0.25) is 0 Å². The Morgan fingerprint density at radius 2 is 2.00 bits per heavy atom. The Balaban J connectivity index is 2.61. The average Bonchev–Trinajstić information content (AvgIpc) is 2.40. The van der Waals surface area contributed by atoms with E-state index < -0.39 is 18.0 Å². The summed E-state index contributed by atoms with van der Waals surface area (Å²) in [7, 11) is 0. The summed E-state index contributed by atoms with van der Waals surface area (Å²) >= 11 is 7.42. The lowest BCUT2D eigenvalue weighted by molar-refractivity contribution is -0.135. The minimum Gasteiger partial charge on any atom is -0.171 e. The van der Waals surface area contributed by atoms with E-state index >= 15 is 0 Å². The van der Waals surface area contributed by atoms with Gasteiger partial charge in [-0.1, -0.05) is 0 Å². The molecule has 0 N–H and O–H groups in total. The second-order valence-electron chi connectivity index (χ2n) is 3.53. The van der Waals surface area contributed by atoms with Crippen molar-refractivity contribution in [2.75, 3.05) is 0 Å². The van der Waals surface area contributed by atoms with Gasteiger partial charge in [0.2, 0.25) is 0 Å². The van der Waals surface area contributed by atoms with Crippen LogP contribution in [-0.4, -0.2) is 6.18 Å². The number of aryl methyl sites for hydroxylation is 2. The van der Waals surface area contributed by atoms with Gasteiger partial charge in [0.25, 0.3) is 0 Å². The van der Waals surface area contributed by atoms with Crippen LogP contribution in [0.1, 0.15) is 33.5 Å². The first-order valence-corrected chi connectivity index (χ1v) is 5.82. The largest absolute Gasteiger partial charge is 0.389 e. The summed E-state index contributed by atoms with van der Waals surface area (Å²) in [5.41, 5.74) is 0.986. The topological polar surface area (TPSA) is 0 Å². The zero-order valence-electron chi connectivity index (χ0n) is 8.49. The van der Waals surface area contributed by atoms with Crippen LogP contribution in [0.5, 0.6) is 0 Å². The highest BCUT2D eigenvalue weighted by atomic mass is 35.5. The molecule has 86 valence electrons. The Hall–Kier alpha value is -0.220. The van der Waals surface area contributed by atoms with E-state index in [4.69, 9.17) is 11.6 Å². The van der Waals surface area contributed by atoms with E-state index in [0.29, 0.717) is 0 Å². The normalized spacial score (nSPS) is 14.3. The Labute approximate surface area is 96.1 Å². The summed E-state index contributed by atoms with van der Waals surface area (Å²) in [5, 5.41) is -0.523. The molecule has 0 aliphatic heterocycles. The van der Waals surface area contributed by atoms with Crippen molar-refractivity contribution in [3.8, 4) is 0 Å². The molecule has 5 heteroatoms. The minimum absolute atomic E-state index is 0.0498. The van der Waals surface area contributed by atoms with Gasteiger partial charge < -0.3 is 0 Å². The van der Waals surface area contributed by atoms with Gasteiger partial charge in [0.1, 0.15) is 0 Å². The maximum absolute atomic E-state index is 12.0. The fraction of sp³-hybridized carbons (Fsp3) is 0.600. The third-order valence-corrected chi connectivity index (χ3v) is 3.88. The first-order valence-electron chi connectivity index (χ1n) is 4.57. The third kappa shape index (κ3) is 4.03. The van der Waals surface area contributed by atoms with Gasteiger partial charge in [0, 0.05) is 16.2 Å². The lowest BCUT2D eigenvalue weighted by atomic mass is 10.1. The Bertz CT molecular complexity index is 330. The minimum atomic E-state index is -4.12. The second-order valence-corrected chi connectivity index (χ2v) is 5.34. The van der Waals surface area contributed by atoms with Crippen molar-refractivity contribution in [1.82, 2.24) is 0 Å². The van der Waals surface area contributed by atoms with Crippen molar-refractivity contribution in [2.24, 2.45) is 0 Å². The highest BCUT2D eigenvalue weighted by Crippen LogP contribution is 2.37. The fourth-order valence-corrected chi connectivity index (χ4v) is 2.85. The number of halogens is 4. The van der Waals surface area contributed by atoms with Gasteiger partial charge in [-0.15, -0.1) is 22.9 Å². The van der Waals surface area contributed by atoms with Crippen molar-refractivity contribution in [1.29, 1.82) is 0 Å². The van der Waals surface area contributed by atoms with Crippen molar-refractivity contribution in [2.45, 2.75) is 38.2 Å². The van der Waals surface area contributed by atoms with Gasteiger partial charge in [-0.2, -0.15) is 13.2 Å². The van der Waals surface area contributed by atoms with E-state index in [-0.39, 0.29) is 6.42 Å². The van der Waals surface area contributed by atoms with E-state index in [1.165, 1.54) is 11.3 Å². The number of thiophene rings is 1. The standard InChI is InChI=1S/C10H12ClF3S/c1-6-5-7(2)15-9(6)8(11)3-4-10(12,13)14/h5,8H,3-4H2,1-2H3. The fourth-order valence-electron chi connectivity index (χ4n) is 1.39. The zero-order valence-corrected chi connectivity index (χ0v) is 10.1. The van der Waals surface area contributed by atoms with Gasteiger partial charge in [0.15, 0.2) is 0 Å². The lowest BCUT2D eigenvalue weighted by Crippen LogP contribution is -2.08. The van der Waals surface area contributed by atoms with E-state index in [1.54, 1.807) is 0 Å². The van der Waals surface area contributed by atoms with Crippen molar-refractivity contribution in [3.63, 3.8) is 0 Å². The molecule has 1 aromatic rings. The van der Waals surface area contributed by atoms with Gasteiger partial charge in [-0.05, 0) is 31.9 Å². The number of alkyl halides is 4. The van der Waals surface area contributed by atoms with Crippen molar-refractivity contribution >= 4 is 22.9 Å². The molecular weight excluding hydrogens is 245 g/mol. The number of hydrogen-bond acceptors (Lipinski definition) is 1. The van der Waals surface area contributed by atoms with Crippen LogP contribution in [-0.2, 0) is 0 Å². The van der Waals surface area contributed by atoms with E-state index in [9.17, 15) is 13.2 Å². The van der Waals surface area contributed by atoms with Gasteiger partial charge in [0.05, 0.1) is 5.38 Å². The molecular formula is C10H12ClF3S.